The number of hydrogen-bond acceptors (Lipinski definition) is 4. The van der Waals surface area contributed by atoms with Crippen LogP contribution in [0.15, 0.2) is 0 Å². The number of thiazole rings is 1. The van der Waals surface area contributed by atoms with Crippen LogP contribution < -0.4 is 5.32 Å². The van der Waals surface area contributed by atoms with Gasteiger partial charge in [-0.05, 0) is 12.8 Å². The molecule has 96 valence electrons. The average molecular weight is 254 g/mol. The molecule has 1 heterocycles. The third kappa shape index (κ3) is 3.06. The Bertz CT molecular complexity index is 383. The molecule has 0 radical (unpaired) electrons. The summed E-state index contributed by atoms with van der Waals surface area (Å²) in [6, 6.07) is 0.507. The summed E-state index contributed by atoms with van der Waals surface area (Å²) >= 11 is 1.86. The van der Waals surface area contributed by atoms with Gasteiger partial charge in [0, 0.05) is 30.0 Å². The molecule has 0 unspecified atom stereocenters. The minimum absolute atomic E-state index is 0.364. The Morgan fingerprint density at radius 1 is 1.47 bits per heavy atom. The summed E-state index contributed by atoms with van der Waals surface area (Å²) in [5, 5.41) is 4.76. The summed E-state index contributed by atoms with van der Waals surface area (Å²) in [5.74, 6) is 0. The molecular formula is C13H22N2OS. The summed E-state index contributed by atoms with van der Waals surface area (Å²) in [6.07, 6.45) is 2.56. The molecule has 0 spiro atoms. The third-order valence-electron chi connectivity index (χ3n) is 3.25. The van der Waals surface area contributed by atoms with Gasteiger partial charge in [0.15, 0.2) is 0 Å². The quantitative estimate of drug-likeness (QED) is 0.847. The lowest BCUT2D eigenvalue weighted by Gasteiger charge is -2.07. The van der Waals surface area contributed by atoms with E-state index < -0.39 is 0 Å². The first kappa shape index (κ1) is 13.0. The number of rotatable bonds is 6. The van der Waals surface area contributed by atoms with Gasteiger partial charge in [0.05, 0.1) is 17.3 Å². The number of nitrogens with one attached hydrogen (secondary N) is 1. The monoisotopic (exact) mass is 254 g/mol. The Morgan fingerprint density at radius 3 is 2.71 bits per heavy atom. The van der Waals surface area contributed by atoms with Crippen LogP contribution in [0.4, 0.5) is 0 Å². The topological polar surface area (TPSA) is 34.1 Å². The molecule has 3 nitrogen and oxygen atoms in total. The molecule has 0 amide bonds. The Morgan fingerprint density at radius 2 is 2.18 bits per heavy atom. The largest absolute Gasteiger partial charge is 0.378 e. The maximum Gasteiger partial charge on any atom is 0.0991 e. The Kier molecular flexibility index (Phi) is 3.85. The molecule has 17 heavy (non-hydrogen) atoms. The standard InChI is InChI=1S/C13H22N2OS/c1-9(2)14-7-11-10(8-16-4)15-12(17-11)13(3)5-6-13/h9,14H,5-8H2,1-4H3. The minimum Gasteiger partial charge on any atom is -0.378 e. The van der Waals surface area contributed by atoms with Crippen molar-refractivity contribution in [1.29, 1.82) is 0 Å². The molecule has 1 aliphatic rings. The second-order valence-electron chi connectivity index (χ2n) is 5.42. The number of methoxy groups -OCH3 is 1. The summed E-state index contributed by atoms with van der Waals surface area (Å²) in [6.45, 7) is 8.17. The van der Waals surface area contributed by atoms with Crippen LogP contribution in [-0.4, -0.2) is 18.1 Å². The van der Waals surface area contributed by atoms with E-state index in [4.69, 9.17) is 9.72 Å². The van der Waals surface area contributed by atoms with E-state index in [1.807, 2.05) is 11.3 Å². The van der Waals surface area contributed by atoms with Crippen molar-refractivity contribution in [3.63, 3.8) is 0 Å². The summed E-state index contributed by atoms with van der Waals surface area (Å²) in [4.78, 5) is 6.10. The lowest BCUT2D eigenvalue weighted by Crippen LogP contribution is -2.21. The zero-order valence-electron chi connectivity index (χ0n) is 11.2. The molecule has 2 rings (SSSR count). The lowest BCUT2D eigenvalue weighted by molar-refractivity contribution is 0.181. The fourth-order valence-corrected chi connectivity index (χ4v) is 2.94. The van der Waals surface area contributed by atoms with Crippen LogP contribution in [0.25, 0.3) is 0 Å². The zero-order chi connectivity index (χ0) is 12.5. The van der Waals surface area contributed by atoms with Crippen LogP contribution >= 0.6 is 11.3 Å². The Balaban J connectivity index is 2.13. The predicted molar refractivity (Wildman–Crippen MR) is 71.4 cm³/mol. The van der Waals surface area contributed by atoms with Gasteiger partial charge in [-0.2, -0.15) is 0 Å². The van der Waals surface area contributed by atoms with Crippen molar-refractivity contribution in [3.05, 3.63) is 15.6 Å². The first-order valence-corrected chi connectivity index (χ1v) is 7.08. The smallest absolute Gasteiger partial charge is 0.0991 e. The molecule has 1 aromatic heterocycles. The second kappa shape index (κ2) is 5.04. The molecule has 0 atom stereocenters. The number of aromatic nitrogens is 1. The number of hydrogen-bond donors (Lipinski definition) is 1. The van der Waals surface area contributed by atoms with E-state index >= 15 is 0 Å². The lowest BCUT2D eigenvalue weighted by atomic mass is 10.2. The van der Waals surface area contributed by atoms with Crippen LogP contribution in [0.1, 0.15) is 49.2 Å². The summed E-state index contributed by atoms with van der Waals surface area (Å²) < 4.78 is 5.24. The van der Waals surface area contributed by atoms with Crippen LogP contribution in [0.2, 0.25) is 0 Å². The SMILES string of the molecule is COCc1nc(C2(C)CC2)sc1CNC(C)C. The van der Waals surface area contributed by atoms with Gasteiger partial charge in [-0.25, -0.2) is 4.98 Å². The van der Waals surface area contributed by atoms with Gasteiger partial charge in [-0.1, -0.05) is 20.8 Å². The molecule has 1 aromatic rings. The maximum atomic E-state index is 5.24. The van der Waals surface area contributed by atoms with E-state index in [1.54, 1.807) is 7.11 Å². The molecule has 4 heteroatoms. The fraction of sp³-hybridized carbons (Fsp3) is 0.769. The summed E-state index contributed by atoms with van der Waals surface area (Å²) in [5.41, 5.74) is 1.48. The first-order chi connectivity index (χ1) is 8.05. The molecular weight excluding hydrogens is 232 g/mol. The van der Waals surface area contributed by atoms with Crippen LogP contribution in [0, 0.1) is 0 Å². The van der Waals surface area contributed by atoms with Gasteiger partial charge in [-0.15, -0.1) is 11.3 Å². The van der Waals surface area contributed by atoms with Crippen LogP contribution in [0.3, 0.4) is 0 Å². The highest BCUT2D eigenvalue weighted by molar-refractivity contribution is 7.12. The maximum absolute atomic E-state index is 5.24. The Hall–Kier alpha value is -0.450. The predicted octanol–water partition coefficient (Wildman–Crippen LogP) is 2.84. The van der Waals surface area contributed by atoms with Crippen molar-refractivity contribution in [1.82, 2.24) is 10.3 Å². The van der Waals surface area contributed by atoms with Crippen molar-refractivity contribution in [2.45, 2.75) is 58.2 Å². The molecule has 0 aromatic carbocycles. The molecule has 1 fully saturated rings. The van der Waals surface area contributed by atoms with Gasteiger partial charge >= 0.3 is 0 Å². The van der Waals surface area contributed by atoms with Crippen LogP contribution in [0.5, 0.6) is 0 Å². The van der Waals surface area contributed by atoms with Gasteiger partial charge < -0.3 is 10.1 Å². The van der Waals surface area contributed by atoms with E-state index in [9.17, 15) is 0 Å². The van der Waals surface area contributed by atoms with Crippen molar-refractivity contribution in [2.75, 3.05) is 7.11 Å². The molecule has 0 bridgehead atoms. The van der Waals surface area contributed by atoms with E-state index in [0.29, 0.717) is 18.1 Å². The summed E-state index contributed by atoms with van der Waals surface area (Å²) in [7, 11) is 1.73. The van der Waals surface area contributed by atoms with Gasteiger partial charge in [0.1, 0.15) is 0 Å². The fourth-order valence-electron chi connectivity index (χ4n) is 1.73. The number of nitrogens with zero attached hydrogens (tertiary/aromatic N) is 1. The first-order valence-electron chi connectivity index (χ1n) is 6.26. The molecule has 0 saturated heterocycles. The van der Waals surface area contributed by atoms with Crippen molar-refractivity contribution in [2.24, 2.45) is 0 Å². The Labute approximate surface area is 108 Å². The average Bonchev–Trinajstić information content (AvgIpc) is 2.89. The highest BCUT2D eigenvalue weighted by Gasteiger charge is 2.42. The van der Waals surface area contributed by atoms with Crippen molar-refractivity contribution < 1.29 is 4.74 Å². The highest BCUT2D eigenvalue weighted by Crippen LogP contribution is 2.49. The van der Waals surface area contributed by atoms with E-state index in [-0.39, 0.29) is 0 Å². The van der Waals surface area contributed by atoms with Crippen molar-refractivity contribution >= 4 is 11.3 Å². The minimum atomic E-state index is 0.364. The van der Waals surface area contributed by atoms with Gasteiger partial charge in [0.2, 0.25) is 0 Å². The van der Waals surface area contributed by atoms with Crippen LogP contribution in [-0.2, 0) is 23.3 Å². The van der Waals surface area contributed by atoms with Gasteiger partial charge in [-0.3, -0.25) is 0 Å². The second-order valence-corrected chi connectivity index (χ2v) is 6.50. The van der Waals surface area contributed by atoms with E-state index in [1.165, 1.54) is 22.7 Å². The van der Waals surface area contributed by atoms with E-state index in [2.05, 4.69) is 26.1 Å². The normalized spacial score (nSPS) is 17.7. The van der Waals surface area contributed by atoms with E-state index in [0.717, 1.165) is 12.2 Å². The molecule has 1 saturated carbocycles. The number of ether oxygens (including phenoxy) is 1. The molecule has 1 aliphatic carbocycles. The highest BCUT2D eigenvalue weighted by atomic mass is 32.1. The third-order valence-corrected chi connectivity index (χ3v) is 4.65. The van der Waals surface area contributed by atoms with Crippen molar-refractivity contribution in [3.8, 4) is 0 Å². The van der Waals surface area contributed by atoms with Gasteiger partial charge in [0.25, 0.3) is 0 Å². The zero-order valence-corrected chi connectivity index (χ0v) is 12.0. The molecule has 0 aliphatic heterocycles. The molecule has 1 N–H and O–H groups in total.